The van der Waals surface area contributed by atoms with E-state index in [1.807, 2.05) is 17.5 Å². The van der Waals surface area contributed by atoms with Gasteiger partial charge in [0.25, 0.3) is 0 Å². The monoisotopic (exact) mass is 131 g/mol. The van der Waals surface area contributed by atoms with Gasteiger partial charge in [0, 0.05) is 0 Å². The molecule has 0 unspecified atom stereocenters. The van der Waals surface area contributed by atoms with Crippen LogP contribution in [0.3, 0.4) is 0 Å². The number of rotatable bonds is 1. The van der Waals surface area contributed by atoms with Crippen LogP contribution in [-0.2, 0) is 11.7 Å². The van der Waals surface area contributed by atoms with Gasteiger partial charge in [-0.15, -0.1) is 11.3 Å². The number of hydrogen-bond acceptors (Lipinski definition) is 2. The van der Waals surface area contributed by atoms with E-state index in [0.29, 0.717) is 11.7 Å². The lowest BCUT2D eigenvalue weighted by atomic mass is 10.7. The summed E-state index contributed by atoms with van der Waals surface area (Å²) < 4.78 is 10.8. The molecule has 0 amide bonds. The van der Waals surface area contributed by atoms with E-state index in [9.17, 15) is 4.21 Å². The molecule has 1 heterocycles. The zero-order valence-corrected chi connectivity index (χ0v) is 5.09. The van der Waals surface area contributed by atoms with Crippen LogP contribution in [0.25, 0.3) is 0 Å². The first-order chi connectivity index (χ1) is 3.43. The van der Waals surface area contributed by atoms with E-state index in [0.717, 1.165) is 4.21 Å². The number of thiophene rings is 1. The fourth-order valence-corrected chi connectivity index (χ4v) is 1.22. The molecule has 0 fully saturated rings. The molecular weight excluding hydrogens is 128 g/mol. The van der Waals surface area contributed by atoms with E-state index < -0.39 is 0 Å². The van der Waals surface area contributed by atoms with Gasteiger partial charge in [-0.05, 0) is 17.5 Å². The molecule has 3 heteroatoms. The highest BCUT2D eigenvalue weighted by Gasteiger charge is 1.84. The topological polar surface area (TPSA) is 17.1 Å². The molecule has 1 aromatic heterocycles. The summed E-state index contributed by atoms with van der Waals surface area (Å²) in [4.78, 5) is 0. The molecule has 0 spiro atoms. The second kappa shape index (κ2) is 2.14. The molecule has 37 valence electrons. The SMILES string of the molecule is O=[S]c1cccs1. The first-order valence-electron chi connectivity index (χ1n) is 1.77. The summed E-state index contributed by atoms with van der Waals surface area (Å²) in [6, 6.07) is 3.67. The highest BCUT2D eigenvalue weighted by atomic mass is 32.2. The Morgan fingerprint density at radius 2 is 2.57 bits per heavy atom. The average Bonchev–Trinajstić information content (AvgIpc) is 2.14. The maximum atomic E-state index is 9.92. The highest BCUT2D eigenvalue weighted by Crippen LogP contribution is 2.06. The van der Waals surface area contributed by atoms with Crippen molar-refractivity contribution in [3.8, 4) is 0 Å². The Labute approximate surface area is 49.5 Å². The van der Waals surface area contributed by atoms with Gasteiger partial charge in [-0.25, -0.2) is 4.21 Å². The van der Waals surface area contributed by atoms with Crippen molar-refractivity contribution < 1.29 is 4.21 Å². The van der Waals surface area contributed by atoms with E-state index in [-0.39, 0.29) is 0 Å². The van der Waals surface area contributed by atoms with Gasteiger partial charge in [-0.1, -0.05) is 0 Å². The minimum absolute atomic E-state index is 0.544. The van der Waals surface area contributed by atoms with Crippen LogP contribution in [0.2, 0.25) is 0 Å². The molecule has 0 aliphatic rings. The first kappa shape index (κ1) is 4.87. The standard InChI is InChI=1S/C4H3OS2/c5-7-4-2-1-3-6-4/h1-3H. The summed E-state index contributed by atoms with van der Waals surface area (Å²) in [5.41, 5.74) is 0. The molecule has 0 aromatic carbocycles. The molecule has 1 nitrogen and oxygen atoms in total. The molecule has 0 bridgehead atoms. The smallest absolute Gasteiger partial charge is 0.120 e. The molecule has 0 N–H and O–H groups in total. The molecule has 1 radical (unpaired) electrons. The largest absolute Gasteiger partial charge is 0.211 e. The lowest BCUT2D eigenvalue weighted by Gasteiger charge is -1.64. The summed E-state index contributed by atoms with van der Waals surface area (Å²) in [7, 11) is 0. The van der Waals surface area contributed by atoms with E-state index in [4.69, 9.17) is 0 Å². The van der Waals surface area contributed by atoms with Crippen LogP contribution in [0.4, 0.5) is 0 Å². The Balaban J connectivity index is 2.96. The quantitative estimate of drug-likeness (QED) is 0.561. The molecule has 0 aliphatic carbocycles. The van der Waals surface area contributed by atoms with Crippen LogP contribution in [0.5, 0.6) is 0 Å². The van der Waals surface area contributed by atoms with Crippen LogP contribution in [0.1, 0.15) is 0 Å². The van der Waals surface area contributed by atoms with Gasteiger partial charge in [0.15, 0.2) is 0 Å². The minimum atomic E-state index is 0.544. The minimum Gasteiger partial charge on any atom is -0.211 e. The summed E-state index contributed by atoms with van der Waals surface area (Å²) in [5.74, 6) is 0. The van der Waals surface area contributed by atoms with Crippen molar-refractivity contribution in [3.05, 3.63) is 17.5 Å². The second-order valence-electron chi connectivity index (χ2n) is 1.02. The summed E-state index contributed by atoms with van der Waals surface area (Å²) >= 11 is 2.02. The maximum absolute atomic E-state index is 9.92. The van der Waals surface area contributed by atoms with Gasteiger partial charge in [0.05, 0.1) is 0 Å². The third-order valence-electron chi connectivity index (χ3n) is 0.577. The van der Waals surface area contributed by atoms with Crippen molar-refractivity contribution in [2.75, 3.05) is 0 Å². The number of hydrogen-bond donors (Lipinski definition) is 0. The maximum Gasteiger partial charge on any atom is 0.120 e. The van der Waals surface area contributed by atoms with Crippen LogP contribution in [0.15, 0.2) is 21.7 Å². The summed E-state index contributed by atoms with van der Waals surface area (Å²) in [5, 5.41) is 1.89. The van der Waals surface area contributed by atoms with Gasteiger partial charge in [0.2, 0.25) is 0 Å². The zero-order valence-electron chi connectivity index (χ0n) is 3.46. The Morgan fingerprint density at radius 3 is 2.86 bits per heavy atom. The summed E-state index contributed by atoms with van der Waals surface area (Å²) in [6.45, 7) is 0. The normalized spacial score (nSPS) is 8.57. The van der Waals surface area contributed by atoms with Crippen LogP contribution < -0.4 is 0 Å². The Kier molecular flexibility index (Phi) is 1.49. The van der Waals surface area contributed by atoms with Crippen LogP contribution >= 0.6 is 11.3 Å². The molecule has 1 rings (SSSR count). The molecular formula is C4H3OS2. The fraction of sp³-hybridized carbons (Fsp3) is 0. The predicted molar refractivity (Wildman–Crippen MR) is 30.7 cm³/mol. The molecule has 7 heavy (non-hydrogen) atoms. The van der Waals surface area contributed by atoms with E-state index >= 15 is 0 Å². The Morgan fingerprint density at radius 1 is 1.71 bits per heavy atom. The molecule has 0 saturated carbocycles. The van der Waals surface area contributed by atoms with Crippen LogP contribution in [-0.4, -0.2) is 4.21 Å². The Hall–Kier alpha value is -0.280. The van der Waals surface area contributed by atoms with Crippen molar-refractivity contribution >= 4 is 23.0 Å². The fourth-order valence-electron chi connectivity index (χ4n) is 0.311. The van der Waals surface area contributed by atoms with Crippen molar-refractivity contribution in [2.24, 2.45) is 0 Å². The Bertz CT molecular complexity index is 145. The second-order valence-corrected chi connectivity index (χ2v) is 2.83. The lowest BCUT2D eigenvalue weighted by molar-refractivity contribution is 0.695. The third kappa shape index (κ3) is 1.04. The van der Waals surface area contributed by atoms with Gasteiger partial charge in [-0.2, -0.15) is 0 Å². The zero-order chi connectivity index (χ0) is 5.11. The van der Waals surface area contributed by atoms with Crippen LogP contribution in [0, 0.1) is 0 Å². The van der Waals surface area contributed by atoms with Crippen molar-refractivity contribution in [2.45, 2.75) is 4.21 Å². The lowest BCUT2D eigenvalue weighted by Crippen LogP contribution is -1.53. The van der Waals surface area contributed by atoms with Gasteiger partial charge < -0.3 is 0 Å². The first-order valence-corrected chi connectivity index (χ1v) is 3.39. The molecule has 0 saturated heterocycles. The van der Waals surface area contributed by atoms with Crippen molar-refractivity contribution in [3.63, 3.8) is 0 Å². The van der Waals surface area contributed by atoms with Crippen molar-refractivity contribution in [1.29, 1.82) is 0 Å². The molecule has 0 atom stereocenters. The van der Waals surface area contributed by atoms with Gasteiger partial charge >= 0.3 is 0 Å². The average molecular weight is 131 g/mol. The molecule has 0 aliphatic heterocycles. The van der Waals surface area contributed by atoms with E-state index in [2.05, 4.69) is 0 Å². The summed E-state index contributed by atoms with van der Waals surface area (Å²) in [6.07, 6.45) is 0. The molecule has 1 aromatic rings. The third-order valence-corrected chi connectivity index (χ3v) is 2.03. The van der Waals surface area contributed by atoms with Crippen molar-refractivity contribution in [1.82, 2.24) is 0 Å². The van der Waals surface area contributed by atoms with Gasteiger partial charge in [-0.3, -0.25) is 0 Å². The van der Waals surface area contributed by atoms with E-state index in [1.165, 1.54) is 11.3 Å². The highest BCUT2D eigenvalue weighted by molar-refractivity contribution is 7.69. The predicted octanol–water partition coefficient (Wildman–Crippen LogP) is 1.32. The van der Waals surface area contributed by atoms with E-state index in [1.54, 1.807) is 0 Å². The van der Waals surface area contributed by atoms with Gasteiger partial charge in [0.1, 0.15) is 15.9 Å².